The van der Waals surface area contributed by atoms with Crippen LogP contribution in [0.15, 0.2) is 30.3 Å². The first kappa shape index (κ1) is 15.4. The van der Waals surface area contributed by atoms with Crippen molar-refractivity contribution >= 4 is 8.32 Å². The summed E-state index contributed by atoms with van der Waals surface area (Å²) in [6.07, 6.45) is -0.00732. The number of rotatable bonds is 4. The van der Waals surface area contributed by atoms with Crippen LogP contribution < -0.4 is 5.73 Å². The van der Waals surface area contributed by atoms with Crippen molar-refractivity contribution in [3.8, 4) is 0 Å². The van der Waals surface area contributed by atoms with Gasteiger partial charge in [-0.25, -0.2) is 0 Å². The van der Waals surface area contributed by atoms with Crippen LogP contribution in [0, 0.1) is 0 Å². The highest BCUT2D eigenvalue weighted by Gasteiger charge is 2.40. The van der Waals surface area contributed by atoms with Gasteiger partial charge in [0, 0.05) is 6.04 Å². The van der Waals surface area contributed by atoms with Crippen LogP contribution in [-0.4, -0.2) is 14.4 Å². The van der Waals surface area contributed by atoms with Crippen LogP contribution in [0.1, 0.15) is 39.4 Å². The van der Waals surface area contributed by atoms with Crippen molar-refractivity contribution in [1.82, 2.24) is 0 Å². The van der Waals surface area contributed by atoms with E-state index in [1.165, 1.54) is 5.56 Å². The Morgan fingerprint density at radius 3 is 2.00 bits per heavy atom. The monoisotopic (exact) mass is 265 g/mol. The van der Waals surface area contributed by atoms with Gasteiger partial charge < -0.3 is 10.2 Å². The molecule has 0 spiro atoms. The molecule has 1 aromatic carbocycles. The Kier molecular flexibility index (Phi) is 4.76. The molecule has 0 bridgehead atoms. The lowest BCUT2D eigenvalue weighted by atomic mass is 10.0. The molecular formula is C15H27NOSi. The predicted octanol–water partition coefficient (Wildman–Crippen LogP) is 4.10. The molecule has 0 aliphatic heterocycles. The molecule has 0 heterocycles. The Morgan fingerprint density at radius 1 is 1.11 bits per heavy atom. The first-order valence-corrected chi connectivity index (χ1v) is 9.54. The van der Waals surface area contributed by atoms with Gasteiger partial charge in [-0.15, -0.1) is 0 Å². The largest absolute Gasteiger partial charge is 0.408 e. The predicted molar refractivity (Wildman–Crippen MR) is 81.1 cm³/mol. The third-order valence-electron chi connectivity index (χ3n) is 3.83. The molecule has 0 aliphatic carbocycles. The third-order valence-corrected chi connectivity index (χ3v) is 8.29. The van der Waals surface area contributed by atoms with Gasteiger partial charge in [-0.05, 0) is 30.6 Å². The molecule has 0 amide bonds. The SMILES string of the molecule is CC(N)C(O[Si](C)(C)C(C)(C)C)c1ccccc1. The van der Waals surface area contributed by atoms with Crippen LogP contribution in [0.4, 0.5) is 0 Å². The van der Waals surface area contributed by atoms with Gasteiger partial charge in [0.05, 0.1) is 6.10 Å². The summed E-state index contributed by atoms with van der Waals surface area (Å²) in [5.74, 6) is 0. The molecule has 0 aromatic heterocycles. The average molecular weight is 265 g/mol. The van der Waals surface area contributed by atoms with Gasteiger partial charge in [0.15, 0.2) is 8.32 Å². The lowest BCUT2D eigenvalue weighted by Crippen LogP contribution is -2.44. The summed E-state index contributed by atoms with van der Waals surface area (Å²) in [7, 11) is -1.79. The van der Waals surface area contributed by atoms with E-state index in [1.54, 1.807) is 0 Å². The van der Waals surface area contributed by atoms with Gasteiger partial charge >= 0.3 is 0 Å². The standard InChI is InChI=1S/C15H27NOSi/c1-12(16)14(13-10-8-7-9-11-13)17-18(5,6)15(2,3)4/h7-12,14H,16H2,1-6H3. The van der Waals surface area contributed by atoms with Crippen LogP contribution in [0.5, 0.6) is 0 Å². The van der Waals surface area contributed by atoms with Crippen LogP contribution >= 0.6 is 0 Å². The molecular weight excluding hydrogens is 238 g/mol. The molecule has 0 aliphatic rings. The number of benzene rings is 1. The summed E-state index contributed by atoms with van der Waals surface area (Å²) in [6.45, 7) is 13.3. The number of hydrogen-bond acceptors (Lipinski definition) is 2. The maximum atomic E-state index is 6.46. The fourth-order valence-electron chi connectivity index (χ4n) is 1.62. The summed E-state index contributed by atoms with van der Waals surface area (Å²) in [5, 5.41) is 0.203. The van der Waals surface area contributed by atoms with E-state index in [-0.39, 0.29) is 17.2 Å². The van der Waals surface area contributed by atoms with Gasteiger partial charge in [0.2, 0.25) is 0 Å². The summed E-state index contributed by atoms with van der Waals surface area (Å²) in [6, 6.07) is 10.3. The van der Waals surface area contributed by atoms with Crippen molar-refractivity contribution in [2.24, 2.45) is 5.73 Å². The highest BCUT2D eigenvalue weighted by atomic mass is 28.4. The maximum Gasteiger partial charge on any atom is 0.192 e. The number of hydrogen-bond donors (Lipinski definition) is 1. The zero-order valence-electron chi connectivity index (χ0n) is 12.5. The third kappa shape index (κ3) is 3.67. The Hall–Kier alpha value is -0.643. The molecule has 2 nitrogen and oxygen atoms in total. The topological polar surface area (TPSA) is 35.2 Å². The lowest BCUT2D eigenvalue weighted by Gasteiger charge is -2.40. The van der Waals surface area contributed by atoms with E-state index < -0.39 is 8.32 Å². The molecule has 0 saturated carbocycles. The van der Waals surface area contributed by atoms with Gasteiger partial charge in [-0.3, -0.25) is 0 Å². The van der Waals surface area contributed by atoms with Gasteiger partial charge in [0.1, 0.15) is 0 Å². The maximum absolute atomic E-state index is 6.46. The van der Waals surface area contributed by atoms with E-state index >= 15 is 0 Å². The molecule has 3 heteroatoms. The minimum Gasteiger partial charge on any atom is -0.408 e. The van der Waals surface area contributed by atoms with Gasteiger partial charge in [-0.1, -0.05) is 51.1 Å². The number of nitrogens with two attached hydrogens (primary N) is 1. The van der Waals surface area contributed by atoms with Gasteiger partial charge in [-0.2, -0.15) is 0 Å². The van der Waals surface area contributed by atoms with Crippen molar-refractivity contribution in [2.45, 2.75) is 58.0 Å². The summed E-state index contributed by atoms with van der Waals surface area (Å²) in [4.78, 5) is 0. The first-order valence-electron chi connectivity index (χ1n) is 6.63. The van der Waals surface area contributed by atoms with E-state index in [1.807, 2.05) is 25.1 Å². The molecule has 2 N–H and O–H groups in total. The fraction of sp³-hybridized carbons (Fsp3) is 0.600. The van der Waals surface area contributed by atoms with Crippen LogP contribution in [0.3, 0.4) is 0 Å². The van der Waals surface area contributed by atoms with E-state index in [2.05, 4.69) is 46.0 Å². The van der Waals surface area contributed by atoms with Crippen LogP contribution in [0.2, 0.25) is 18.1 Å². The Labute approximate surface area is 113 Å². The van der Waals surface area contributed by atoms with Gasteiger partial charge in [0.25, 0.3) is 0 Å². The molecule has 1 rings (SSSR count). The van der Waals surface area contributed by atoms with Crippen molar-refractivity contribution in [2.75, 3.05) is 0 Å². The fourth-order valence-corrected chi connectivity index (χ4v) is 2.95. The second kappa shape index (κ2) is 5.55. The minimum absolute atomic E-state index is 0.00141. The van der Waals surface area contributed by atoms with E-state index in [0.717, 1.165) is 0 Å². The smallest absolute Gasteiger partial charge is 0.192 e. The summed E-state index contributed by atoms with van der Waals surface area (Å²) >= 11 is 0. The Balaban J connectivity index is 2.96. The van der Waals surface area contributed by atoms with Crippen molar-refractivity contribution in [1.29, 1.82) is 0 Å². The van der Waals surface area contributed by atoms with E-state index in [0.29, 0.717) is 0 Å². The first-order chi connectivity index (χ1) is 8.15. The summed E-state index contributed by atoms with van der Waals surface area (Å²) in [5.41, 5.74) is 7.29. The van der Waals surface area contributed by atoms with E-state index in [9.17, 15) is 0 Å². The zero-order valence-corrected chi connectivity index (χ0v) is 13.5. The molecule has 18 heavy (non-hydrogen) atoms. The molecule has 0 saturated heterocycles. The van der Waals surface area contributed by atoms with Crippen molar-refractivity contribution in [3.63, 3.8) is 0 Å². The molecule has 2 unspecified atom stereocenters. The summed E-state index contributed by atoms with van der Waals surface area (Å²) < 4.78 is 6.46. The van der Waals surface area contributed by atoms with E-state index in [4.69, 9.17) is 10.2 Å². The quantitative estimate of drug-likeness (QED) is 0.832. The van der Waals surface area contributed by atoms with Crippen molar-refractivity contribution < 1.29 is 4.43 Å². The van der Waals surface area contributed by atoms with Crippen LogP contribution in [-0.2, 0) is 4.43 Å². The Morgan fingerprint density at radius 2 is 1.61 bits per heavy atom. The average Bonchev–Trinajstić information content (AvgIpc) is 2.25. The molecule has 2 atom stereocenters. The highest BCUT2D eigenvalue weighted by Crippen LogP contribution is 2.40. The zero-order chi connectivity index (χ0) is 14.0. The van der Waals surface area contributed by atoms with Crippen molar-refractivity contribution in [3.05, 3.63) is 35.9 Å². The van der Waals surface area contributed by atoms with Crippen LogP contribution in [0.25, 0.3) is 0 Å². The molecule has 1 aromatic rings. The second-order valence-electron chi connectivity index (χ2n) is 6.57. The molecule has 102 valence electrons. The highest BCUT2D eigenvalue weighted by molar-refractivity contribution is 6.74. The molecule has 0 fully saturated rings. The second-order valence-corrected chi connectivity index (χ2v) is 11.3. The Bertz CT molecular complexity index is 368. The minimum atomic E-state index is -1.79. The normalized spacial score (nSPS) is 16.4. The lowest BCUT2D eigenvalue weighted by molar-refractivity contribution is 0.160. The molecule has 0 radical (unpaired) electrons.